The molecule has 0 aromatic heterocycles. The molecule has 2 atom stereocenters. The molecule has 0 spiro atoms. The largest absolute Gasteiger partial charge is 0.634 e. The summed E-state index contributed by atoms with van der Waals surface area (Å²) in [6.07, 6.45) is 0. The van der Waals surface area contributed by atoms with Gasteiger partial charge >= 0.3 is 0 Å². The Morgan fingerprint density at radius 2 is 2.29 bits per heavy atom. The third-order valence-electron chi connectivity index (χ3n) is 2.65. The molecule has 1 aromatic carbocycles. The molecule has 1 aliphatic rings. The molecule has 0 bridgehead atoms. The van der Waals surface area contributed by atoms with Crippen molar-refractivity contribution in [1.29, 1.82) is 0 Å². The van der Waals surface area contributed by atoms with Crippen molar-refractivity contribution < 1.29 is 9.99 Å². The first kappa shape index (κ1) is 9.11. The number of rotatable bonds is 1. The molecule has 2 rings (SSSR count). The number of hydrogen-bond donors (Lipinski definition) is 1. The average molecular weight is 194 g/mol. The molecule has 0 aliphatic carbocycles. The maximum absolute atomic E-state index is 11.3. The quantitative estimate of drug-likeness (QED) is 0.403. The Kier molecular flexibility index (Phi) is 1.98. The molecule has 1 aromatic rings. The molecule has 1 heterocycles. The number of hydrogen-bond acceptors (Lipinski definition) is 3. The van der Waals surface area contributed by atoms with E-state index < -0.39 is 4.92 Å². The molecule has 1 aliphatic heterocycles. The normalized spacial score (nSPS) is 24.7. The van der Waals surface area contributed by atoms with Gasteiger partial charge in [-0.2, -0.15) is 0 Å². The van der Waals surface area contributed by atoms with Crippen LogP contribution in [0.2, 0.25) is 0 Å². The van der Waals surface area contributed by atoms with E-state index in [-0.39, 0.29) is 16.8 Å². The number of non-ortho nitro benzene ring substituents is 1. The highest BCUT2D eigenvalue weighted by atomic mass is 16.6. The Morgan fingerprint density at radius 1 is 1.57 bits per heavy atom. The van der Waals surface area contributed by atoms with Crippen LogP contribution in [-0.2, 0) is 6.54 Å². The van der Waals surface area contributed by atoms with Crippen LogP contribution < -0.4 is 5.06 Å². The number of nitrogens with zero attached hydrogens (tertiary/aromatic N) is 1. The van der Waals surface area contributed by atoms with E-state index in [4.69, 9.17) is 0 Å². The van der Waals surface area contributed by atoms with E-state index in [1.807, 2.05) is 6.92 Å². The monoisotopic (exact) mass is 194 g/mol. The van der Waals surface area contributed by atoms with Crippen LogP contribution in [0.1, 0.15) is 24.1 Å². The molecule has 0 saturated carbocycles. The molecule has 0 amide bonds. The Morgan fingerprint density at radius 3 is 2.93 bits per heavy atom. The first-order valence-electron chi connectivity index (χ1n) is 4.39. The van der Waals surface area contributed by atoms with Crippen molar-refractivity contribution in [2.45, 2.75) is 19.5 Å². The van der Waals surface area contributed by atoms with Gasteiger partial charge in [0.25, 0.3) is 5.69 Å². The lowest BCUT2D eigenvalue weighted by atomic mass is 10.1. The summed E-state index contributed by atoms with van der Waals surface area (Å²) in [6.45, 7) is 2.16. The van der Waals surface area contributed by atoms with Gasteiger partial charge in [0, 0.05) is 23.3 Å². The highest BCUT2D eigenvalue weighted by molar-refractivity contribution is 5.41. The zero-order valence-electron chi connectivity index (χ0n) is 7.69. The Bertz CT molecular complexity index is 392. The average Bonchev–Trinajstić information content (AvgIpc) is 2.42. The molecular formula is C9H10N2O3. The standard InChI is InChI=1S/C9H10N2O3/c1-6-9-3-2-8(11(13)14)4-7(9)5-10(6)12/h2-4,6,10H,5H2,1H3. The van der Waals surface area contributed by atoms with Crippen molar-refractivity contribution in [1.82, 2.24) is 0 Å². The number of fused-ring (bicyclic) bond motifs is 1. The molecule has 1 N–H and O–H groups in total. The predicted molar refractivity (Wildman–Crippen MR) is 49.5 cm³/mol. The van der Waals surface area contributed by atoms with E-state index in [0.29, 0.717) is 6.54 Å². The van der Waals surface area contributed by atoms with Gasteiger partial charge in [0.05, 0.1) is 4.92 Å². The number of quaternary nitrogens is 1. The lowest BCUT2D eigenvalue weighted by Crippen LogP contribution is -3.03. The fourth-order valence-electron chi connectivity index (χ4n) is 1.80. The lowest BCUT2D eigenvalue weighted by Gasteiger charge is -2.20. The SMILES string of the molecule is CC1c2ccc([N+](=O)[O-])cc2C[NH+]1[O-]. The van der Waals surface area contributed by atoms with Crippen LogP contribution in [-0.4, -0.2) is 4.92 Å². The first-order chi connectivity index (χ1) is 6.59. The zero-order chi connectivity index (χ0) is 10.3. The smallest absolute Gasteiger partial charge is 0.269 e. The highest BCUT2D eigenvalue weighted by Gasteiger charge is 2.26. The molecule has 5 nitrogen and oxygen atoms in total. The molecule has 14 heavy (non-hydrogen) atoms. The molecule has 74 valence electrons. The van der Waals surface area contributed by atoms with E-state index in [0.717, 1.165) is 11.1 Å². The van der Waals surface area contributed by atoms with Crippen molar-refractivity contribution >= 4 is 5.69 Å². The van der Waals surface area contributed by atoms with Gasteiger partial charge < -0.3 is 10.3 Å². The second kappa shape index (κ2) is 3.04. The van der Waals surface area contributed by atoms with Crippen molar-refractivity contribution in [3.05, 3.63) is 44.6 Å². The molecule has 0 fully saturated rings. The Labute approximate surface area is 80.7 Å². The summed E-state index contributed by atoms with van der Waals surface area (Å²) in [5, 5.41) is 22.0. The van der Waals surface area contributed by atoms with Crippen LogP contribution in [0.25, 0.3) is 0 Å². The summed E-state index contributed by atoms with van der Waals surface area (Å²) in [4.78, 5) is 10.0. The topological polar surface area (TPSA) is 70.6 Å². The summed E-state index contributed by atoms with van der Waals surface area (Å²) in [5.41, 5.74) is 1.79. The number of benzene rings is 1. The predicted octanol–water partition coefficient (Wildman–Crippen LogP) is 0.552. The second-order valence-electron chi connectivity index (χ2n) is 3.51. The van der Waals surface area contributed by atoms with Crippen LogP contribution in [0.15, 0.2) is 18.2 Å². The zero-order valence-corrected chi connectivity index (χ0v) is 7.69. The summed E-state index contributed by atoms with van der Waals surface area (Å²) < 4.78 is 0. The van der Waals surface area contributed by atoms with Gasteiger partial charge in [-0.3, -0.25) is 10.1 Å². The van der Waals surface area contributed by atoms with Gasteiger partial charge in [-0.15, -0.1) is 0 Å². The number of nitro groups is 1. The number of nitro benzene ring substituents is 1. The van der Waals surface area contributed by atoms with Crippen molar-refractivity contribution in [2.24, 2.45) is 0 Å². The number of nitrogens with one attached hydrogen (secondary N) is 1. The highest BCUT2D eigenvalue weighted by Crippen LogP contribution is 2.24. The van der Waals surface area contributed by atoms with Gasteiger partial charge in [-0.05, 0) is 13.0 Å². The molecule has 0 saturated heterocycles. The van der Waals surface area contributed by atoms with Gasteiger partial charge in [-0.1, -0.05) is 0 Å². The summed E-state index contributed by atoms with van der Waals surface area (Å²) in [6, 6.07) is 4.53. The summed E-state index contributed by atoms with van der Waals surface area (Å²) >= 11 is 0. The van der Waals surface area contributed by atoms with E-state index in [1.165, 1.54) is 12.1 Å². The van der Waals surface area contributed by atoms with Crippen LogP contribution in [0, 0.1) is 15.3 Å². The molecule has 0 radical (unpaired) electrons. The van der Waals surface area contributed by atoms with Crippen LogP contribution in [0.5, 0.6) is 0 Å². The Hall–Kier alpha value is -1.46. The minimum atomic E-state index is -0.437. The maximum Gasteiger partial charge on any atom is 0.269 e. The van der Waals surface area contributed by atoms with Crippen LogP contribution >= 0.6 is 0 Å². The van der Waals surface area contributed by atoms with Crippen molar-refractivity contribution in [3.63, 3.8) is 0 Å². The maximum atomic E-state index is 11.3. The van der Waals surface area contributed by atoms with Gasteiger partial charge in [0.2, 0.25) is 0 Å². The fraction of sp³-hybridized carbons (Fsp3) is 0.333. The number of hydroxylamine groups is 2. The first-order valence-corrected chi connectivity index (χ1v) is 4.39. The van der Waals surface area contributed by atoms with E-state index in [1.54, 1.807) is 6.07 Å². The molecule has 5 heteroatoms. The van der Waals surface area contributed by atoms with Crippen molar-refractivity contribution in [2.75, 3.05) is 0 Å². The van der Waals surface area contributed by atoms with Crippen LogP contribution in [0.4, 0.5) is 5.69 Å². The summed E-state index contributed by atoms with van der Waals surface area (Å²) in [7, 11) is 0. The van der Waals surface area contributed by atoms with Gasteiger partial charge in [0.1, 0.15) is 12.6 Å². The Balaban J connectivity index is 2.44. The van der Waals surface area contributed by atoms with E-state index in [9.17, 15) is 15.3 Å². The van der Waals surface area contributed by atoms with E-state index in [2.05, 4.69) is 0 Å². The molecule has 2 unspecified atom stereocenters. The minimum absolute atomic E-state index is 0.0608. The minimum Gasteiger partial charge on any atom is -0.634 e. The third kappa shape index (κ3) is 1.26. The lowest BCUT2D eigenvalue weighted by molar-refractivity contribution is -0.886. The van der Waals surface area contributed by atoms with Gasteiger partial charge in [0.15, 0.2) is 0 Å². The summed E-state index contributed by atoms with van der Waals surface area (Å²) in [5.74, 6) is 0. The third-order valence-corrected chi connectivity index (χ3v) is 2.65. The molecular weight excluding hydrogens is 184 g/mol. The fourth-order valence-corrected chi connectivity index (χ4v) is 1.80. The van der Waals surface area contributed by atoms with Gasteiger partial charge in [-0.25, -0.2) is 0 Å². The second-order valence-corrected chi connectivity index (χ2v) is 3.51. The van der Waals surface area contributed by atoms with E-state index >= 15 is 0 Å². The van der Waals surface area contributed by atoms with Crippen LogP contribution in [0.3, 0.4) is 0 Å². The van der Waals surface area contributed by atoms with Crippen molar-refractivity contribution in [3.8, 4) is 0 Å².